The van der Waals surface area contributed by atoms with Gasteiger partial charge in [-0.2, -0.15) is 0 Å². The molecule has 4 nitrogen and oxygen atoms in total. The Hall–Kier alpha value is -2.77. The highest BCUT2D eigenvalue weighted by Gasteiger charge is 2.16. The van der Waals surface area contributed by atoms with E-state index in [1.165, 1.54) is 7.11 Å². The van der Waals surface area contributed by atoms with Crippen molar-refractivity contribution in [3.63, 3.8) is 0 Å². The molecule has 0 amide bonds. The minimum absolute atomic E-state index is 0.0962. The predicted octanol–water partition coefficient (Wildman–Crippen LogP) is 3.87. The van der Waals surface area contributed by atoms with Crippen molar-refractivity contribution in [1.29, 1.82) is 0 Å². The predicted molar refractivity (Wildman–Crippen MR) is 101 cm³/mol. The fourth-order valence-corrected chi connectivity index (χ4v) is 2.48. The Labute approximate surface area is 155 Å². The smallest absolute Gasteiger partial charge is 0.171 e. The largest absolute Gasteiger partial charge is 0.493 e. The van der Waals surface area contributed by atoms with Crippen molar-refractivity contribution in [2.45, 2.75) is 19.4 Å². The van der Waals surface area contributed by atoms with Gasteiger partial charge in [-0.05, 0) is 30.2 Å². The molecule has 0 aliphatic heterocycles. The molecule has 0 aliphatic rings. The van der Waals surface area contributed by atoms with E-state index in [1.807, 2.05) is 36.4 Å². The quantitative estimate of drug-likeness (QED) is 0.411. The molecule has 0 atom stereocenters. The first-order chi connectivity index (χ1) is 12.7. The van der Waals surface area contributed by atoms with E-state index in [1.54, 1.807) is 13.2 Å². The van der Waals surface area contributed by atoms with Crippen LogP contribution in [0.2, 0.25) is 0 Å². The van der Waals surface area contributed by atoms with Crippen molar-refractivity contribution in [1.82, 2.24) is 0 Å². The molecule has 135 valence electrons. The van der Waals surface area contributed by atoms with Gasteiger partial charge in [-0.3, -0.25) is 4.79 Å². The van der Waals surface area contributed by atoms with Crippen LogP contribution in [0.5, 0.6) is 11.5 Å². The van der Waals surface area contributed by atoms with Crippen molar-refractivity contribution < 1.29 is 19.0 Å². The average Bonchev–Trinajstić information content (AvgIpc) is 2.69. The lowest BCUT2D eigenvalue weighted by atomic mass is 10.0. The molecule has 0 bridgehead atoms. The van der Waals surface area contributed by atoms with Crippen LogP contribution in [0.4, 0.5) is 0 Å². The second-order valence-electron chi connectivity index (χ2n) is 5.56. The first kappa shape index (κ1) is 19.6. The van der Waals surface area contributed by atoms with Crippen molar-refractivity contribution in [3.05, 3.63) is 66.1 Å². The van der Waals surface area contributed by atoms with Crippen molar-refractivity contribution in [2.24, 2.45) is 0 Å². The molecule has 0 aliphatic carbocycles. The van der Waals surface area contributed by atoms with Crippen LogP contribution in [0, 0.1) is 18.8 Å². The number of ketones is 1. The summed E-state index contributed by atoms with van der Waals surface area (Å²) >= 11 is 0. The third-order valence-electron chi connectivity index (χ3n) is 3.77. The van der Waals surface area contributed by atoms with E-state index >= 15 is 0 Å². The van der Waals surface area contributed by atoms with E-state index in [4.69, 9.17) is 14.2 Å². The summed E-state index contributed by atoms with van der Waals surface area (Å²) in [6.45, 7) is 4.54. The molecule has 26 heavy (non-hydrogen) atoms. The number of hydrogen-bond donors (Lipinski definition) is 0. The molecule has 0 N–H and O–H groups in total. The minimum atomic E-state index is -0.0962. The maximum absolute atomic E-state index is 12.1. The molecule has 1 radical (unpaired) electrons. The summed E-state index contributed by atoms with van der Waals surface area (Å²) in [5, 5.41) is 0. The Morgan fingerprint density at radius 1 is 1.04 bits per heavy atom. The summed E-state index contributed by atoms with van der Waals surface area (Å²) in [4.78, 5) is 12.1. The third-order valence-corrected chi connectivity index (χ3v) is 3.77. The second-order valence-corrected chi connectivity index (χ2v) is 5.56. The van der Waals surface area contributed by atoms with Crippen LogP contribution in [-0.2, 0) is 17.8 Å². The van der Waals surface area contributed by atoms with Gasteiger partial charge in [0, 0.05) is 12.8 Å². The number of carbonyl (C=O) groups excluding carboxylic acids is 1. The molecule has 0 spiro atoms. The number of benzene rings is 2. The standard InChI is InChI=1S/C22H23O4/c1-4-20(23)19-14-18(15-21(24-2)22(19)25-3)12-8-9-13-26-16-17-10-6-5-7-11-17/h5-7,10-11,14-15H,1,4,12-13,16H2,2-3H3. The number of ether oxygens (including phenoxy) is 3. The van der Waals surface area contributed by atoms with Crippen molar-refractivity contribution in [2.75, 3.05) is 20.8 Å². The summed E-state index contributed by atoms with van der Waals surface area (Å²) in [6, 6.07) is 13.6. The first-order valence-electron chi connectivity index (χ1n) is 8.34. The maximum atomic E-state index is 12.1. The Balaban J connectivity index is 2.00. The molecule has 0 aromatic heterocycles. The van der Waals surface area contributed by atoms with E-state index in [9.17, 15) is 4.79 Å². The van der Waals surface area contributed by atoms with E-state index in [2.05, 4.69) is 18.8 Å². The normalized spacial score (nSPS) is 9.96. The van der Waals surface area contributed by atoms with E-state index in [-0.39, 0.29) is 12.2 Å². The SMILES string of the molecule is [CH2]CC(=O)c1cc(CC#CCOCc2ccccc2)cc(OC)c1OC. The summed E-state index contributed by atoms with van der Waals surface area (Å²) in [5.74, 6) is 6.91. The molecule has 2 aromatic carbocycles. The van der Waals surface area contributed by atoms with Gasteiger partial charge in [0.15, 0.2) is 17.3 Å². The maximum Gasteiger partial charge on any atom is 0.171 e. The number of carbonyl (C=O) groups is 1. The van der Waals surface area contributed by atoms with Gasteiger partial charge in [-0.15, -0.1) is 0 Å². The van der Waals surface area contributed by atoms with Crippen LogP contribution in [0.3, 0.4) is 0 Å². The van der Waals surface area contributed by atoms with Crippen LogP contribution in [0.1, 0.15) is 27.9 Å². The summed E-state index contributed by atoms with van der Waals surface area (Å²) in [6.07, 6.45) is 0.647. The highest BCUT2D eigenvalue weighted by molar-refractivity contribution is 6.00. The van der Waals surface area contributed by atoms with Gasteiger partial charge in [0.25, 0.3) is 0 Å². The summed E-state index contributed by atoms with van der Waals surface area (Å²) in [5.41, 5.74) is 2.47. The molecular formula is C22H23O4. The lowest BCUT2D eigenvalue weighted by molar-refractivity contribution is 0.0991. The number of Topliss-reactive ketones (excluding diaryl/α,β-unsaturated/α-hetero) is 1. The van der Waals surface area contributed by atoms with E-state index in [0.717, 1.165) is 11.1 Å². The van der Waals surface area contributed by atoms with Gasteiger partial charge in [-0.25, -0.2) is 0 Å². The van der Waals surface area contributed by atoms with Gasteiger partial charge in [0.1, 0.15) is 6.61 Å². The van der Waals surface area contributed by atoms with E-state index < -0.39 is 0 Å². The average molecular weight is 351 g/mol. The molecular weight excluding hydrogens is 328 g/mol. The zero-order valence-electron chi connectivity index (χ0n) is 15.2. The van der Waals surface area contributed by atoms with Gasteiger partial charge < -0.3 is 14.2 Å². The van der Waals surface area contributed by atoms with Crippen LogP contribution in [-0.4, -0.2) is 26.6 Å². The Bertz CT molecular complexity index is 785. The fraction of sp³-hybridized carbons (Fsp3) is 0.273. The number of rotatable bonds is 8. The van der Waals surface area contributed by atoms with Crippen LogP contribution in [0.25, 0.3) is 0 Å². The lowest BCUT2D eigenvalue weighted by Crippen LogP contribution is -2.04. The van der Waals surface area contributed by atoms with Crippen LogP contribution >= 0.6 is 0 Å². The highest BCUT2D eigenvalue weighted by atomic mass is 16.5. The van der Waals surface area contributed by atoms with Crippen molar-refractivity contribution >= 4 is 5.78 Å². The molecule has 0 heterocycles. The van der Waals surface area contributed by atoms with Gasteiger partial charge in [0.2, 0.25) is 0 Å². The monoisotopic (exact) mass is 351 g/mol. The molecule has 4 heteroatoms. The molecule has 0 saturated heterocycles. The molecule has 2 aromatic rings. The molecule has 0 saturated carbocycles. The number of hydrogen-bond acceptors (Lipinski definition) is 4. The summed E-state index contributed by atoms with van der Waals surface area (Å²) in [7, 11) is 3.06. The number of methoxy groups -OCH3 is 2. The second kappa shape index (κ2) is 10.3. The summed E-state index contributed by atoms with van der Waals surface area (Å²) < 4.78 is 16.2. The molecule has 0 unspecified atom stereocenters. The minimum Gasteiger partial charge on any atom is -0.493 e. The van der Waals surface area contributed by atoms with Crippen molar-refractivity contribution in [3.8, 4) is 23.3 Å². The van der Waals surface area contributed by atoms with Gasteiger partial charge >= 0.3 is 0 Å². The topological polar surface area (TPSA) is 44.8 Å². The zero-order chi connectivity index (χ0) is 18.8. The molecule has 0 fully saturated rings. The third kappa shape index (κ3) is 5.37. The van der Waals surface area contributed by atoms with Gasteiger partial charge in [0.05, 0.1) is 26.4 Å². The first-order valence-corrected chi connectivity index (χ1v) is 8.34. The van der Waals surface area contributed by atoms with Gasteiger partial charge in [-0.1, -0.05) is 42.2 Å². The fourth-order valence-electron chi connectivity index (χ4n) is 2.48. The Morgan fingerprint density at radius 3 is 2.46 bits per heavy atom. The highest BCUT2D eigenvalue weighted by Crippen LogP contribution is 2.33. The van der Waals surface area contributed by atoms with Crippen LogP contribution in [0.15, 0.2) is 42.5 Å². The Kier molecular flexibility index (Phi) is 7.73. The van der Waals surface area contributed by atoms with Crippen LogP contribution < -0.4 is 9.47 Å². The van der Waals surface area contributed by atoms with E-state index in [0.29, 0.717) is 36.7 Å². The molecule has 2 rings (SSSR count). The Morgan fingerprint density at radius 2 is 1.81 bits per heavy atom. The lowest BCUT2D eigenvalue weighted by Gasteiger charge is -2.13. The zero-order valence-corrected chi connectivity index (χ0v) is 15.2.